The number of rotatable bonds is 9. The van der Waals surface area contributed by atoms with Gasteiger partial charge in [-0.05, 0) is 67.8 Å². The predicted octanol–water partition coefficient (Wildman–Crippen LogP) is 4.09. The summed E-state index contributed by atoms with van der Waals surface area (Å²) in [5.74, 6) is 0.855. The third-order valence-corrected chi connectivity index (χ3v) is 6.28. The van der Waals surface area contributed by atoms with Crippen LogP contribution >= 0.6 is 11.3 Å². The number of thiophene rings is 1. The van der Waals surface area contributed by atoms with E-state index in [1.165, 1.54) is 16.0 Å². The summed E-state index contributed by atoms with van der Waals surface area (Å²) in [4.78, 5) is 3.67. The van der Waals surface area contributed by atoms with Gasteiger partial charge >= 0.3 is 0 Å². The molecule has 0 radical (unpaired) electrons. The smallest absolute Gasteiger partial charge is 0.122 e. The maximum Gasteiger partial charge on any atom is 0.122 e. The number of benzene rings is 1. The molecule has 2 unspecified atom stereocenters. The van der Waals surface area contributed by atoms with Gasteiger partial charge in [0.15, 0.2) is 0 Å². The highest BCUT2D eigenvalue weighted by atomic mass is 32.1. The van der Waals surface area contributed by atoms with Crippen LogP contribution in [-0.2, 0) is 11.3 Å². The first-order chi connectivity index (χ1) is 13.0. The van der Waals surface area contributed by atoms with Crippen molar-refractivity contribution in [3.8, 4) is 5.75 Å². The lowest BCUT2D eigenvalue weighted by molar-refractivity contribution is 0.0315. The van der Waals surface area contributed by atoms with E-state index < -0.39 is 6.10 Å². The quantitative estimate of drug-likeness (QED) is 0.701. The van der Waals surface area contributed by atoms with E-state index in [0.29, 0.717) is 13.2 Å². The molecular formula is C22H31NO3S. The highest BCUT2D eigenvalue weighted by molar-refractivity contribution is 7.10. The van der Waals surface area contributed by atoms with Gasteiger partial charge in [0, 0.05) is 31.1 Å². The summed E-state index contributed by atoms with van der Waals surface area (Å²) < 4.78 is 11.7. The summed E-state index contributed by atoms with van der Waals surface area (Å²) in [6.45, 7) is 9.73. The number of nitrogens with zero attached hydrogens (tertiary/aromatic N) is 1. The van der Waals surface area contributed by atoms with Gasteiger partial charge in [0.1, 0.15) is 18.5 Å². The van der Waals surface area contributed by atoms with Crippen molar-refractivity contribution in [3.63, 3.8) is 0 Å². The van der Waals surface area contributed by atoms with Crippen LogP contribution in [0.5, 0.6) is 5.75 Å². The Labute approximate surface area is 166 Å². The molecule has 1 saturated heterocycles. The van der Waals surface area contributed by atoms with Crippen LogP contribution in [0.25, 0.3) is 0 Å². The highest BCUT2D eigenvalue weighted by Crippen LogP contribution is 2.22. The lowest BCUT2D eigenvalue weighted by atomic mass is 10.1. The monoisotopic (exact) mass is 389 g/mol. The molecule has 0 amide bonds. The average Bonchev–Trinajstić information content (AvgIpc) is 3.28. The molecule has 148 valence electrons. The Balaban J connectivity index is 1.58. The molecule has 0 spiro atoms. The lowest BCUT2D eigenvalue weighted by Gasteiger charge is -2.27. The van der Waals surface area contributed by atoms with E-state index in [2.05, 4.69) is 43.2 Å². The minimum Gasteiger partial charge on any atom is -0.491 e. The molecule has 1 aliphatic rings. The Bertz CT molecular complexity index is 724. The van der Waals surface area contributed by atoms with Crippen LogP contribution in [0.1, 0.15) is 34.4 Å². The van der Waals surface area contributed by atoms with Gasteiger partial charge in [-0.25, -0.2) is 0 Å². The second-order valence-electron chi connectivity index (χ2n) is 7.52. The van der Waals surface area contributed by atoms with E-state index in [0.717, 1.165) is 43.9 Å². The summed E-state index contributed by atoms with van der Waals surface area (Å²) >= 11 is 1.78. The second kappa shape index (κ2) is 9.69. The third kappa shape index (κ3) is 5.79. The Morgan fingerprint density at radius 3 is 2.81 bits per heavy atom. The van der Waals surface area contributed by atoms with Gasteiger partial charge in [-0.1, -0.05) is 12.1 Å². The van der Waals surface area contributed by atoms with E-state index in [1.54, 1.807) is 11.3 Å². The summed E-state index contributed by atoms with van der Waals surface area (Å²) in [7, 11) is 0. The van der Waals surface area contributed by atoms with Crippen molar-refractivity contribution >= 4 is 11.3 Å². The largest absolute Gasteiger partial charge is 0.491 e. The summed E-state index contributed by atoms with van der Waals surface area (Å²) in [6, 6.07) is 8.19. The van der Waals surface area contributed by atoms with Gasteiger partial charge in [-0.15, -0.1) is 11.3 Å². The van der Waals surface area contributed by atoms with E-state index >= 15 is 0 Å². The van der Waals surface area contributed by atoms with Crippen molar-refractivity contribution in [2.75, 3.05) is 26.3 Å². The molecular weight excluding hydrogens is 358 g/mol. The van der Waals surface area contributed by atoms with Crippen molar-refractivity contribution in [3.05, 3.63) is 51.2 Å². The van der Waals surface area contributed by atoms with E-state index in [4.69, 9.17) is 9.47 Å². The van der Waals surface area contributed by atoms with Gasteiger partial charge in [-0.2, -0.15) is 0 Å². The van der Waals surface area contributed by atoms with Crippen molar-refractivity contribution in [2.45, 2.75) is 52.4 Å². The molecule has 2 aromatic rings. The Hall–Kier alpha value is -1.40. The van der Waals surface area contributed by atoms with Crippen LogP contribution in [0.15, 0.2) is 29.6 Å². The maximum atomic E-state index is 10.6. The molecule has 2 heterocycles. The van der Waals surface area contributed by atoms with Crippen LogP contribution in [0.3, 0.4) is 0 Å². The summed E-state index contributed by atoms with van der Waals surface area (Å²) in [5.41, 5.74) is 3.66. The number of aliphatic hydroxyl groups is 1. The Morgan fingerprint density at radius 1 is 1.26 bits per heavy atom. The molecule has 0 aliphatic carbocycles. The van der Waals surface area contributed by atoms with Gasteiger partial charge < -0.3 is 14.6 Å². The van der Waals surface area contributed by atoms with Crippen molar-refractivity contribution < 1.29 is 14.6 Å². The maximum absolute atomic E-state index is 10.6. The molecule has 4 nitrogen and oxygen atoms in total. The Morgan fingerprint density at radius 2 is 2.11 bits per heavy atom. The molecule has 1 N–H and O–H groups in total. The number of hydrogen-bond donors (Lipinski definition) is 1. The fourth-order valence-electron chi connectivity index (χ4n) is 3.47. The lowest BCUT2D eigenvalue weighted by Crippen LogP contribution is -2.39. The fourth-order valence-corrected chi connectivity index (χ4v) is 4.41. The van der Waals surface area contributed by atoms with Crippen LogP contribution in [0.4, 0.5) is 0 Å². The first-order valence-electron chi connectivity index (χ1n) is 9.77. The average molecular weight is 390 g/mol. The normalized spacial score (nSPS) is 18.2. The topological polar surface area (TPSA) is 41.9 Å². The minimum absolute atomic E-state index is 0.275. The van der Waals surface area contributed by atoms with Crippen molar-refractivity contribution in [2.24, 2.45) is 0 Å². The Kier molecular flexibility index (Phi) is 7.30. The SMILES string of the molecule is Cc1ccsc1CN(CC(O)COc1cccc(C)c1C)CC1CCCO1. The molecule has 2 atom stereocenters. The van der Waals surface area contributed by atoms with E-state index in [-0.39, 0.29) is 6.10 Å². The van der Waals surface area contributed by atoms with Crippen LogP contribution in [0, 0.1) is 20.8 Å². The van der Waals surface area contributed by atoms with E-state index in [1.807, 2.05) is 12.1 Å². The number of ether oxygens (including phenoxy) is 2. The molecule has 0 bridgehead atoms. The zero-order valence-corrected chi connectivity index (χ0v) is 17.4. The molecule has 27 heavy (non-hydrogen) atoms. The predicted molar refractivity (Wildman–Crippen MR) is 111 cm³/mol. The van der Waals surface area contributed by atoms with Gasteiger partial charge in [-0.3, -0.25) is 4.90 Å². The number of hydrogen-bond acceptors (Lipinski definition) is 5. The van der Waals surface area contributed by atoms with Crippen LogP contribution in [0.2, 0.25) is 0 Å². The summed E-state index contributed by atoms with van der Waals surface area (Å²) in [6.07, 6.45) is 1.98. The van der Waals surface area contributed by atoms with Crippen LogP contribution in [-0.4, -0.2) is 48.5 Å². The standard InChI is InChI=1S/C22H31NO3S/c1-16-6-4-8-21(18(16)3)26-15-19(24)12-23(13-20-7-5-10-25-20)14-22-17(2)9-11-27-22/h4,6,8-9,11,19-20,24H,5,7,10,12-15H2,1-3H3. The zero-order valence-electron chi connectivity index (χ0n) is 16.6. The van der Waals surface area contributed by atoms with Crippen molar-refractivity contribution in [1.29, 1.82) is 0 Å². The highest BCUT2D eigenvalue weighted by Gasteiger charge is 2.22. The molecule has 5 heteroatoms. The summed E-state index contributed by atoms with van der Waals surface area (Å²) in [5, 5.41) is 12.7. The zero-order chi connectivity index (χ0) is 19.2. The van der Waals surface area contributed by atoms with E-state index in [9.17, 15) is 5.11 Å². The first-order valence-corrected chi connectivity index (χ1v) is 10.6. The molecule has 3 rings (SSSR count). The van der Waals surface area contributed by atoms with Gasteiger partial charge in [0.05, 0.1) is 6.10 Å². The number of aryl methyl sites for hydroxylation is 2. The molecule has 1 aliphatic heterocycles. The van der Waals surface area contributed by atoms with Gasteiger partial charge in [0.25, 0.3) is 0 Å². The second-order valence-corrected chi connectivity index (χ2v) is 8.52. The van der Waals surface area contributed by atoms with Crippen molar-refractivity contribution in [1.82, 2.24) is 4.90 Å². The minimum atomic E-state index is -0.536. The molecule has 0 saturated carbocycles. The first kappa shape index (κ1) is 20.3. The molecule has 1 aromatic heterocycles. The van der Waals surface area contributed by atoms with Gasteiger partial charge in [0.2, 0.25) is 0 Å². The molecule has 1 aromatic carbocycles. The number of aliphatic hydroxyl groups excluding tert-OH is 1. The third-order valence-electron chi connectivity index (χ3n) is 5.28. The molecule has 1 fully saturated rings. The van der Waals surface area contributed by atoms with Crippen LogP contribution < -0.4 is 4.74 Å². The fraction of sp³-hybridized carbons (Fsp3) is 0.545.